The zero-order valence-electron chi connectivity index (χ0n) is 14.0. The van der Waals surface area contributed by atoms with Crippen LogP contribution in [0.3, 0.4) is 0 Å². The molecule has 2 heterocycles. The highest BCUT2D eigenvalue weighted by atomic mass is 16.6. The van der Waals surface area contributed by atoms with Gasteiger partial charge in [-0.1, -0.05) is 6.92 Å². The molecule has 1 aliphatic heterocycles. The quantitative estimate of drug-likeness (QED) is 0.928. The van der Waals surface area contributed by atoms with E-state index in [-0.39, 0.29) is 12.0 Å². The van der Waals surface area contributed by atoms with Gasteiger partial charge in [0.25, 0.3) is 0 Å². The van der Waals surface area contributed by atoms with E-state index >= 15 is 0 Å². The first-order valence-electron chi connectivity index (χ1n) is 7.99. The fourth-order valence-electron chi connectivity index (χ4n) is 2.77. The highest BCUT2D eigenvalue weighted by Gasteiger charge is 2.35. The minimum absolute atomic E-state index is 0.00512. The second kappa shape index (κ2) is 6.69. The molecule has 6 nitrogen and oxygen atoms in total. The van der Waals surface area contributed by atoms with Crippen LogP contribution in [0.4, 0.5) is 4.79 Å². The molecule has 1 aromatic rings. The normalized spacial score (nSPS) is 20.2. The summed E-state index contributed by atoms with van der Waals surface area (Å²) in [4.78, 5) is 18.0. The molecule has 1 N–H and O–H groups in total. The molecule has 0 bridgehead atoms. The van der Waals surface area contributed by atoms with Crippen molar-refractivity contribution in [2.24, 2.45) is 5.92 Å². The molecule has 0 spiro atoms. The van der Waals surface area contributed by atoms with Gasteiger partial charge in [0, 0.05) is 37.9 Å². The standard InChI is InChI=1S/C16H27N3O3/c1-5-8-18-10-7-17-14(18)13(20)12-6-9-19(11-12)15(21)22-16(2,3)4/h7,10,12-13,20H,5-6,8-9,11H2,1-4H3. The van der Waals surface area contributed by atoms with Crippen molar-refractivity contribution in [3.8, 4) is 0 Å². The molecular weight excluding hydrogens is 282 g/mol. The second-order valence-corrected chi connectivity index (χ2v) is 6.90. The summed E-state index contributed by atoms with van der Waals surface area (Å²) in [5.41, 5.74) is -0.495. The fraction of sp³-hybridized carbons (Fsp3) is 0.750. The molecular formula is C16H27N3O3. The molecule has 2 atom stereocenters. The topological polar surface area (TPSA) is 67.6 Å². The van der Waals surface area contributed by atoms with Gasteiger partial charge in [-0.3, -0.25) is 0 Å². The molecule has 1 aliphatic rings. The number of aryl methyl sites for hydroxylation is 1. The SMILES string of the molecule is CCCn1ccnc1C(O)C1CCN(C(=O)OC(C)(C)C)C1. The first-order valence-corrected chi connectivity index (χ1v) is 7.99. The predicted molar refractivity (Wildman–Crippen MR) is 83.4 cm³/mol. The smallest absolute Gasteiger partial charge is 0.410 e. The van der Waals surface area contributed by atoms with Gasteiger partial charge in [0.05, 0.1) is 0 Å². The van der Waals surface area contributed by atoms with Crippen LogP contribution in [0.1, 0.15) is 52.5 Å². The van der Waals surface area contributed by atoms with E-state index in [0.29, 0.717) is 18.9 Å². The largest absolute Gasteiger partial charge is 0.444 e. The van der Waals surface area contributed by atoms with E-state index in [4.69, 9.17) is 4.74 Å². The Hall–Kier alpha value is -1.56. The van der Waals surface area contributed by atoms with Crippen LogP contribution in [0.15, 0.2) is 12.4 Å². The summed E-state index contributed by atoms with van der Waals surface area (Å²) < 4.78 is 7.37. The van der Waals surface area contributed by atoms with Gasteiger partial charge in [-0.2, -0.15) is 0 Å². The average molecular weight is 309 g/mol. The van der Waals surface area contributed by atoms with Crippen LogP contribution in [0.5, 0.6) is 0 Å². The number of imidazole rings is 1. The number of nitrogens with zero attached hydrogens (tertiary/aromatic N) is 3. The number of aromatic nitrogens is 2. The van der Waals surface area contributed by atoms with Crippen LogP contribution in [-0.4, -0.2) is 44.3 Å². The number of aliphatic hydroxyl groups excluding tert-OH is 1. The molecule has 2 rings (SSSR count). The van der Waals surface area contributed by atoms with Crippen LogP contribution < -0.4 is 0 Å². The van der Waals surface area contributed by atoms with Gasteiger partial charge in [0.2, 0.25) is 0 Å². The van der Waals surface area contributed by atoms with Crippen LogP contribution in [0, 0.1) is 5.92 Å². The highest BCUT2D eigenvalue weighted by Crippen LogP contribution is 2.30. The monoisotopic (exact) mass is 309 g/mol. The maximum atomic E-state index is 12.1. The molecule has 0 saturated carbocycles. The Morgan fingerprint density at radius 1 is 1.55 bits per heavy atom. The van der Waals surface area contributed by atoms with Gasteiger partial charge in [0.1, 0.15) is 17.5 Å². The summed E-state index contributed by atoms with van der Waals surface area (Å²) in [7, 11) is 0. The number of hydrogen-bond donors (Lipinski definition) is 1. The van der Waals surface area contributed by atoms with Crippen molar-refractivity contribution in [2.45, 2.75) is 58.8 Å². The number of amides is 1. The maximum absolute atomic E-state index is 12.1. The first-order chi connectivity index (χ1) is 10.3. The minimum Gasteiger partial charge on any atom is -0.444 e. The third-order valence-corrected chi connectivity index (χ3v) is 3.80. The van der Waals surface area contributed by atoms with Crippen molar-refractivity contribution in [3.05, 3.63) is 18.2 Å². The van der Waals surface area contributed by atoms with E-state index in [1.165, 1.54) is 0 Å². The average Bonchev–Trinajstić information content (AvgIpc) is 3.05. The molecule has 124 valence electrons. The number of likely N-dealkylation sites (tertiary alicyclic amines) is 1. The Kier molecular flexibility index (Phi) is 5.11. The van der Waals surface area contributed by atoms with E-state index in [2.05, 4.69) is 11.9 Å². The van der Waals surface area contributed by atoms with Gasteiger partial charge >= 0.3 is 6.09 Å². The Labute approximate surface area is 132 Å². The zero-order valence-corrected chi connectivity index (χ0v) is 14.0. The number of aliphatic hydroxyl groups is 1. The molecule has 0 radical (unpaired) electrons. The summed E-state index contributed by atoms with van der Waals surface area (Å²) in [6.07, 6.45) is 4.41. The molecule has 1 fully saturated rings. The molecule has 1 amide bonds. The molecule has 2 unspecified atom stereocenters. The van der Waals surface area contributed by atoms with Gasteiger partial charge < -0.3 is 19.3 Å². The summed E-state index contributed by atoms with van der Waals surface area (Å²) in [5, 5.41) is 10.6. The van der Waals surface area contributed by atoms with Gasteiger partial charge in [-0.05, 0) is 33.6 Å². The molecule has 0 aliphatic carbocycles. The van der Waals surface area contributed by atoms with Crippen molar-refractivity contribution in [1.29, 1.82) is 0 Å². The Balaban J connectivity index is 1.97. The summed E-state index contributed by atoms with van der Waals surface area (Å²) in [6.45, 7) is 9.63. The lowest BCUT2D eigenvalue weighted by Crippen LogP contribution is -2.35. The van der Waals surface area contributed by atoms with Crippen LogP contribution in [0.2, 0.25) is 0 Å². The van der Waals surface area contributed by atoms with Crippen molar-refractivity contribution in [1.82, 2.24) is 14.5 Å². The van der Waals surface area contributed by atoms with Gasteiger partial charge in [-0.25, -0.2) is 9.78 Å². The van der Waals surface area contributed by atoms with E-state index < -0.39 is 11.7 Å². The van der Waals surface area contributed by atoms with E-state index in [9.17, 15) is 9.90 Å². The third-order valence-electron chi connectivity index (χ3n) is 3.80. The molecule has 1 saturated heterocycles. The zero-order chi connectivity index (χ0) is 16.3. The fourth-order valence-corrected chi connectivity index (χ4v) is 2.77. The number of ether oxygens (including phenoxy) is 1. The second-order valence-electron chi connectivity index (χ2n) is 6.90. The maximum Gasteiger partial charge on any atom is 0.410 e. The van der Waals surface area contributed by atoms with Crippen LogP contribution in [-0.2, 0) is 11.3 Å². The third kappa shape index (κ3) is 4.00. The number of carbonyl (C=O) groups is 1. The summed E-state index contributed by atoms with van der Waals surface area (Å²) in [5.74, 6) is 0.698. The summed E-state index contributed by atoms with van der Waals surface area (Å²) in [6, 6.07) is 0. The number of carbonyl (C=O) groups excluding carboxylic acids is 1. The van der Waals surface area contributed by atoms with Gasteiger partial charge in [-0.15, -0.1) is 0 Å². The Bertz CT molecular complexity index is 507. The van der Waals surface area contributed by atoms with E-state index in [1.54, 1.807) is 11.1 Å². The minimum atomic E-state index is -0.644. The molecule has 0 aromatic carbocycles. The van der Waals surface area contributed by atoms with E-state index in [1.807, 2.05) is 31.5 Å². The highest BCUT2D eigenvalue weighted by molar-refractivity contribution is 5.68. The van der Waals surface area contributed by atoms with E-state index in [0.717, 1.165) is 19.4 Å². The lowest BCUT2D eigenvalue weighted by molar-refractivity contribution is 0.0264. The summed E-state index contributed by atoms with van der Waals surface area (Å²) >= 11 is 0. The Morgan fingerprint density at radius 3 is 2.91 bits per heavy atom. The number of hydrogen-bond acceptors (Lipinski definition) is 4. The predicted octanol–water partition coefficient (Wildman–Crippen LogP) is 2.58. The lowest BCUT2D eigenvalue weighted by Gasteiger charge is -2.25. The first kappa shape index (κ1) is 16.8. The number of rotatable bonds is 4. The lowest BCUT2D eigenvalue weighted by atomic mass is 10.0. The molecule has 1 aromatic heterocycles. The van der Waals surface area contributed by atoms with Gasteiger partial charge in [0.15, 0.2) is 0 Å². The Morgan fingerprint density at radius 2 is 2.27 bits per heavy atom. The van der Waals surface area contributed by atoms with Crippen LogP contribution >= 0.6 is 0 Å². The van der Waals surface area contributed by atoms with Crippen molar-refractivity contribution in [3.63, 3.8) is 0 Å². The molecule has 6 heteroatoms. The van der Waals surface area contributed by atoms with Crippen molar-refractivity contribution >= 4 is 6.09 Å². The van der Waals surface area contributed by atoms with Crippen molar-refractivity contribution in [2.75, 3.05) is 13.1 Å². The van der Waals surface area contributed by atoms with Crippen LogP contribution in [0.25, 0.3) is 0 Å². The molecule has 22 heavy (non-hydrogen) atoms. The van der Waals surface area contributed by atoms with Crippen molar-refractivity contribution < 1.29 is 14.6 Å².